The van der Waals surface area contributed by atoms with Crippen molar-refractivity contribution in [3.63, 3.8) is 0 Å². The van der Waals surface area contributed by atoms with Crippen molar-refractivity contribution in [2.24, 2.45) is 11.7 Å². The van der Waals surface area contributed by atoms with Gasteiger partial charge in [0.1, 0.15) is 18.6 Å². The summed E-state index contributed by atoms with van der Waals surface area (Å²) in [6.45, 7) is 2.72. The van der Waals surface area contributed by atoms with Crippen LogP contribution in [0.5, 0.6) is 0 Å². The summed E-state index contributed by atoms with van der Waals surface area (Å²) >= 11 is 0. The fourth-order valence-electron chi connectivity index (χ4n) is 3.24. The molecule has 0 aliphatic heterocycles. The van der Waals surface area contributed by atoms with Crippen molar-refractivity contribution in [1.82, 2.24) is 20.9 Å². The van der Waals surface area contributed by atoms with Crippen LogP contribution in [0.2, 0.25) is 0 Å². The van der Waals surface area contributed by atoms with E-state index in [9.17, 15) is 29.1 Å². The summed E-state index contributed by atoms with van der Waals surface area (Å²) in [4.78, 5) is 63.1. The lowest BCUT2D eigenvalue weighted by Gasteiger charge is -2.24. The molecule has 1 aromatic heterocycles. The fourth-order valence-corrected chi connectivity index (χ4v) is 3.24. The molecule has 0 spiro atoms. The minimum atomic E-state index is -1.49. The van der Waals surface area contributed by atoms with E-state index in [-0.39, 0.29) is 12.3 Å². The van der Waals surface area contributed by atoms with Gasteiger partial charge in [0.25, 0.3) is 0 Å². The Morgan fingerprint density at radius 2 is 1.59 bits per heavy atom. The standard InChI is InChI=1S/C22H29N5O7/c1-11(2)19(23)22(34)27-16(8-17(28)29)21(33)26-15(20(32)25-10-18(30)31)7-12-9-24-14-6-4-3-5-13(12)14/h3-6,9,11,15-16,19,24H,7-8,10,23H2,1-2H3,(H,25,32)(H,26,33)(H,27,34)(H,28,29)(H,30,31). The van der Waals surface area contributed by atoms with Crippen LogP contribution in [-0.2, 0) is 30.4 Å². The minimum Gasteiger partial charge on any atom is -0.481 e. The molecule has 0 radical (unpaired) electrons. The first kappa shape index (κ1) is 26.3. The lowest BCUT2D eigenvalue weighted by atomic mass is 10.0. The zero-order valence-electron chi connectivity index (χ0n) is 18.8. The molecule has 0 fully saturated rings. The Balaban J connectivity index is 2.26. The van der Waals surface area contributed by atoms with Gasteiger partial charge in [0.15, 0.2) is 0 Å². The monoisotopic (exact) mass is 475 g/mol. The number of rotatable bonds is 12. The highest BCUT2D eigenvalue weighted by molar-refractivity contribution is 5.96. The number of para-hydroxylation sites is 1. The second-order valence-electron chi connectivity index (χ2n) is 8.17. The van der Waals surface area contributed by atoms with E-state index in [4.69, 9.17) is 10.8 Å². The van der Waals surface area contributed by atoms with Crippen LogP contribution < -0.4 is 21.7 Å². The number of carboxylic acids is 2. The van der Waals surface area contributed by atoms with Crippen LogP contribution in [0.1, 0.15) is 25.8 Å². The molecule has 2 aromatic rings. The summed E-state index contributed by atoms with van der Waals surface area (Å²) in [5.74, 6) is -5.28. The number of nitrogens with two attached hydrogens (primary N) is 1. The van der Waals surface area contributed by atoms with Gasteiger partial charge < -0.3 is 36.9 Å². The van der Waals surface area contributed by atoms with E-state index in [0.29, 0.717) is 5.56 Å². The Hall–Kier alpha value is -3.93. The van der Waals surface area contributed by atoms with Gasteiger partial charge in [-0.2, -0.15) is 0 Å². The van der Waals surface area contributed by atoms with Crippen LogP contribution in [0.4, 0.5) is 0 Å². The first-order chi connectivity index (χ1) is 16.0. The molecule has 184 valence electrons. The van der Waals surface area contributed by atoms with Crippen LogP contribution in [0.25, 0.3) is 10.9 Å². The van der Waals surface area contributed by atoms with E-state index < -0.39 is 60.8 Å². The molecule has 1 aromatic carbocycles. The number of H-pyrrole nitrogens is 1. The number of carboxylic acid groups (broad SMARTS) is 2. The van der Waals surface area contributed by atoms with Crippen LogP contribution >= 0.6 is 0 Å². The molecule has 3 atom stereocenters. The van der Waals surface area contributed by atoms with Gasteiger partial charge in [-0.1, -0.05) is 32.0 Å². The molecule has 0 bridgehead atoms. The van der Waals surface area contributed by atoms with Crippen molar-refractivity contribution >= 4 is 40.6 Å². The summed E-state index contributed by atoms with van der Waals surface area (Å²) in [7, 11) is 0. The molecule has 8 N–H and O–H groups in total. The molecule has 12 heteroatoms. The van der Waals surface area contributed by atoms with Gasteiger partial charge >= 0.3 is 11.9 Å². The van der Waals surface area contributed by atoms with Gasteiger partial charge in [0.2, 0.25) is 17.7 Å². The van der Waals surface area contributed by atoms with Gasteiger partial charge in [-0.25, -0.2) is 0 Å². The first-order valence-corrected chi connectivity index (χ1v) is 10.6. The Labute approximate surface area is 195 Å². The zero-order chi connectivity index (χ0) is 25.4. The SMILES string of the molecule is CC(C)C(N)C(=O)NC(CC(=O)O)C(=O)NC(Cc1c[nH]c2ccccc12)C(=O)NCC(=O)O. The lowest BCUT2D eigenvalue weighted by Crippen LogP contribution is -2.57. The number of amides is 3. The highest BCUT2D eigenvalue weighted by atomic mass is 16.4. The number of aromatic amines is 1. The van der Waals surface area contributed by atoms with Crippen molar-refractivity contribution in [2.45, 2.75) is 44.8 Å². The van der Waals surface area contributed by atoms with Crippen LogP contribution in [0.3, 0.4) is 0 Å². The lowest BCUT2D eigenvalue weighted by molar-refractivity contribution is -0.141. The van der Waals surface area contributed by atoms with Crippen molar-refractivity contribution in [3.8, 4) is 0 Å². The maximum Gasteiger partial charge on any atom is 0.322 e. The van der Waals surface area contributed by atoms with E-state index in [0.717, 1.165) is 10.9 Å². The second kappa shape index (κ2) is 11.8. The molecule has 0 aliphatic carbocycles. The number of carbonyl (C=O) groups is 5. The van der Waals surface area contributed by atoms with Crippen LogP contribution in [-0.4, -0.2) is 69.5 Å². The molecule has 3 amide bonds. The minimum absolute atomic E-state index is 0.0134. The molecule has 12 nitrogen and oxygen atoms in total. The van der Waals surface area contributed by atoms with E-state index >= 15 is 0 Å². The maximum atomic E-state index is 12.9. The zero-order valence-corrected chi connectivity index (χ0v) is 18.8. The number of aromatic nitrogens is 1. The molecule has 0 saturated heterocycles. The molecule has 0 saturated carbocycles. The summed E-state index contributed by atoms with van der Waals surface area (Å²) in [5, 5.41) is 25.9. The molecule has 3 unspecified atom stereocenters. The van der Waals surface area contributed by atoms with Gasteiger partial charge in [-0.15, -0.1) is 0 Å². The molecule has 2 rings (SSSR count). The quantitative estimate of drug-likeness (QED) is 0.209. The summed E-state index contributed by atoms with van der Waals surface area (Å²) in [5.41, 5.74) is 7.26. The van der Waals surface area contributed by atoms with Crippen molar-refractivity contribution in [3.05, 3.63) is 36.0 Å². The van der Waals surface area contributed by atoms with E-state index in [1.54, 1.807) is 26.1 Å². The normalized spacial score (nSPS) is 13.6. The largest absolute Gasteiger partial charge is 0.481 e. The Bertz CT molecular complexity index is 1060. The van der Waals surface area contributed by atoms with E-state index in [2.05, 4.69) is 20.9 Å². The molecular formula is C22H29N5O7. The van der Waals surface area contributed by atoms with Gasteiger partial charge in [-0.05, 0) is 17.5 Å². The number of benzene rings is 1. The van der Waals surface area contributed by atoms with E-state index in [1.807, 2.05) is 18.2 Å². The molecule has 0 aliphatic rings. The maximum absolute atomic E-state index is 12.9. The summed E-state index contributed by atoms with van der Waals surface area (Å²) in [6, 6.07) is 3.57. The van der Waals surface area contributed by atoms with E-state index in [1.165, 1.54) is 0 Å². The number of hydrogen-bond donors (Lipinski definition) is 7. The molecule has 1 heterocycles. The molecule has 34 heavy (non-hydrogen) atoms. The Morgan fingerprint density at radius 3 is 2.21 bits per heavy atom. The first-order valence-electron chi connectivity index (χ1n) is 10.6. The Kier molecular flexibility index (Phi) is 9.13. The fraction of sp³-hybridized carbons (Fsp3) is 0.409. The number of hydrogen-bond acceptors (Lipinski definition) is 6. The number of fused-ring (bicyclic) bond motifs is 1. The van der Waals surface area contributed by atoms with Gasteiger partial charge in [0, 0.05) is 23.5 Å². The average molecular weight is 476 g/mol. The summed E-state index contributed by atoms with van der Waals surface area (Å²) in [6.07, 6.45) is 0.909. The number of nitrogens with one attached hydrogen (secondary N) is 4. The second-order valence-corrected chi connectivity index (χ2v) is 8.17. The smallest absolute Gasteiger partial charge is 0.322 e. The van der Waals surface area contributed by atoms with Gasteiger partial charge in [-0.3, -0.25) is 24.0 Å². The third-order valence-electron chi connectivity index (χ3n) is 5.18. The third kappa shape index (κ3) is 7.30. The molecular weight excluding hydrogens is 446 g/mol. The summed E-state index contributed by atoms with van der Waals surface area (Å²) < 4.78 is 0. The highest BCUT2D eigenvalue weighted by Crippen LogP contribution is 2.19. The third-order valence-corrected chi connectivity index (χ3v) is 5.18. The van der Waals surface area contributed by atoms with Crippen molar-refractivity contribution in [1.29, 1.82) is 0 Å². The van der Waals surface area contributed by atoms with Crippen molar-refractivity contribution < 1.29 is 34.2 Å². The van der Waals surface area contributed by atoms with Crippen LogP contribution in [0.15, 0.2) is 30.5 Å². The predicted molar refractivity (Wildman–Crippen MR) is 122 cm³/mol. The predicted octanol–water partition coefficient (Wildman–Crippen LogP) is -0.661. The average Bonchev–Trinajstić information content (AvgIpc) is 3.18. The number of carbonyl (C=O) groups excluding carboxylic acids is 3. The highest BCUT2D eigenvalue weighted by Gasteiger charge is 2.31. The van der Waals surface area contributed by atoms with Crippen LogP contribution in [0, 0.1) is 5.92 Å². The van der Waals surface area contributed by atoms with Gasteiger partial charge in [0.05, 0.1) is 12.5 Å². The Morgan fingerprint density at radius 1 is 0.941 bits per heavy atom. The topological polar surface area (TPSA) is 204 Å². The number of aliphatic carboxylic acids is 2. The van der Waals surface area contributed by atoms with Crippen molar-refractivity contribution in [2.75, 3.05) is 6.54 Å².